The van der Waals surface area contributed by atoms with Crippen LogP contribution in [0, 0.1) is 0 Å². The molecule has 0 aliphatic carbocycles. The Balaban J connectivity index is 1.51. The SMILES string of the molecule is C[NH+]1CCN(c2ccc(-c3cccc(NS(=O)(=O)c4cccnc4)c3)nn2)CC1. The lowest BCUT2D eigenvalue weighted by Gasteiger charge is -2.30. The zero-order chi connectivity index (χ0) is 20.3. The molecular weight excluding hydrogens is 388 g/mol. The lowest BCUT2D eigenvalue weighted by Crippen LogP contribution is -3.12. The Bertz CT molecular complexity index is 1070. The van der Waals surface area contributed by atoms with Crippen molar-refractivity contribution in [1.29, 1.82) is 0 Å². The average Bonchev–Trinajstić information content (AvgIpc) is 2.75. The number of piperazine rings is 1. The summed E-state index contributed by atoms with van der Waals surface area (Å²) in [5.74, 6) is 0.870. The van der Waals surface area contributed by atoms with Gasteiger partial charge in [0.05, 0.1) is 38.9 Å². The molecule has 2 aromatic heterocycles. The summed E-state index contributed by atoms with van der Waals surface area (Å²) in [7, 11) is -1.50. The highest BCUT2D eigenvalue weighted by Crippen LogP contribution is 2.23. The largest absolute Gasteiger partial charge is 0.344 e. The predicted molar refractivity (Wildman–Crippen MR) is 111 cm³/mol. The lowest BCUT2D eigenvalue weighted by molar-refractivity contribution is -0.880. The lowest BCUT2D eigenvalue weighted by atomic mass is 10.1. The van der Waals surface area contributed by atoms with Gasteiger partial charge in [-0.2, -0.15) is 0 Å². The number of nitrogens with one attached hydrogen (secondary N) is 2. The summed E-state index contributed by atoms with van der Waals surface area (Å²) in [6.45, 7) is 4.10. The predicted octanol–water partition coefficient (Wildman–Crippen LogP) is 0.674. The second kappa shape index (κ2) is 8.14. The van der Waals surface area contributed by atoms with Gasteiger partial charge in [0.2, 0.25) is 0 Å². The normalized spacial score (nSPS) is 15.3. The first kappa shape index (κ1) is 19.3. The van der Waals surface area contributed by atoms with E-state index in [4.69, 9.17) is 0 Å². The Labute approximate surface area is 170 Å². The molecule has 3 aromatic rings. The maximum Gasteiger partial charge on any atom is 0.263 e. The van der Waals surface area contributed by atoms with Crippen LogP contribution in [0.15, 0.2) is 65.8 Å². The van der Waals surface area contributed by atoms with Crippen molar-refractivity contribution < 1.29 is 13.3 Å². The van der Waals surface area contributed by atoms with E-state index < -0.39 is 10.0 Å². The van der Waals surface area contributed by atoms with Crippen molar-refractivity contribution in [1.82, 2.24) is 15.2 Å². The van der Waals surface area contributed by atoms with E-state index in [2.05, 4.69) is 31.9 Å². The van der Waals surface area contributed by atoms with E-state index in [1.807, 2.05) is 18.2 Å². The van der Waals surface area contributed by atoms with Crippen LogP contribution in [0.1, 0.15) is 0 Å². The number of aromatic nitrogens is 3. The minimum atomic E-state index is -3.70. The number of nitrogens with zero attached hydrogens (tertiary/aromatic N) is 4. The van der Waals surface area contributed by atoms with Gasteiger partial charge in [-0.25, -0.2) is 8.42 Å². The third-order valence-electron chi connectivity index (χ3n) is 4.95. The molecule has 2 N–H and O–H groups in total. The van der Waals surface area contributed by atoms with Gasteiger partial charge in [0.1, 0.15) is 4.90 Å². The first-order valence-corrected chi connectivity index (χ1v) is 10.9. The van der Waals surface area contributed by atoms with E-state index in [0.717, 1.165) is 37.6 Å². The van der Waals surface area contributed by atoms with Crippen molar-refractivity contribution in [2.24, 2.45) is 0 Å². The van der Waals surface area contributed by atoms with Crippen LogP contribution in [-0.2, 0) is 10.0 Å². The number of anilines is 2. The van der Waals surface area contributed by atoms with Crippen molar-refractivity contribution in [2.75, 3.05) is 42.8 Å². The topological polar surface area (TPSA) is 92.5 Å². The summed E-state index contributed by atoms with van der Waals surface area (Å²) in [5, 5.41) is 8.73. The maximum atomic E-state index is 12.5. The van der Waals surface area contributed by atoms with Crippen molar-refractivity contribution in [2.45, 2.75) is 4.90 Å². The van der Waals surface area contributed by atoms with Gasteiger partial charge in [-0.3, -0.25) is 9.71 Å². The average molecular weight is 412 g/mol. The number of pyridine rings is 1. The second-order valence-corrected chi connectivity index (χ2v) is 8.78. The highest BCUT2D eigenvalue weighted by Gasteiger charge is 2.18. The van der Waals surface area contributed by atoms with Gasteiger partial charge < -0.3 is 9.80 Å². The highest BCUT2D eigenvalue weighted by atomic mass is 32.2. The number of likely N-dealkylation sites (N-methyl/N-ethyl adjacent to an activating group) is 1. The Morgan fingerprint density at radius 3 is 2.55 bits per heavy atom. The van der Waals surface area contributed by atoms with Gasteiger partial charge in [0.25, 0.3) is 10.0 Å². The molecule has 0 radical (unpaired) electrons. The standard InChI is InChI=1S/C20H22N6O2S/c1-25-10-12-26(13-11-25)20-8-7-19(22-23-20)16-4-2-5-17(14-16)24-29(27,28)18-6-3-9-21-15-18/h2-9,14-15,24H,10-13H2,1H3/p+1. The van der Waals surface area contributed by atoms with Crippen molar-refractivity contribution >= 4 is 21.5 Å². The number of rotatable bonds is 5. The zero-order valence-corrected chi connectivity index (χ0v) is 16.9. The molecule has 1 aromatic carbocycles. The van der Waals surface area contributed by atoms with Gasteiger partial charge >= 0.3 is 0 Å². The van der Waals surface area contributed by atoms with Crippen LogP contribution >= 0.6 is 0 Å². The van der Waals surface area contributed by atoms with Crippen LogP contribution in [0.3, 0.4) is 0 Å². The second-order valence-electron chi connectivity index (χ2n) is 7.10. The van der Waals surface area contributed by atoms with Gasteiger partial charge in [-0.1, -0.05) is 12.1 Å². The molecule has 8 nitrogen and oxygen atoms in total. The van der Waals surface area contributed by atoms with Gasteiger partial charge in [0.15, 0.2) is 5.82 Å². The summed E-state index contributed by atoms with van der Waals surface area (Å²) in [6.07, 6.45) is 2.85. The summed E-state index contributed by atoms with van der Waals surface area (Å²) in [6, 6.07) is 14.1. The summed E-state index contributed by atoms with van der Waals surface area (Å²) in [4.78, 5) is 7.74. The molecule has 4 rings (SSSR count). The Hall–Kier alpha value is -3.04. The van der Waals surface area contributed by atoms with Crippen LogP contribution < -0.4 is 14.5 Å². The number of hydrogen-bond donors (Lipinski definition) is 2. The van der Waals surface area contributed by atoms with E-state index >= 15 is 0 Å². The van der Waals surface area contributed by atoms with Crippen LogP contribution in [0.2, 0.25) is 0 Å². The molecule has 3 heterocycles. The summed E-state index contributed by atoms with van der Waals surface area (Å²) in [5.41, 5.74) is 1.94. The summed E-state index contributed by atoms with van der Waals surface area (Å²) < 4.78 is 27.6. The molecule has 150 valence electrons. The third kappa shape index (κ3) is 4.52. The molecule has 0 bridgehead atoms. The van der Waals surface area contributed by atoms with Gasteiger partial charge in [0, 0.05) is 23.6 Å². The Morgan fingerprint density at radius 1 is 1.03 bits per heavy atom. The van der Waals surface area contributed by atoms with Crippen molar-refractivity contribution in [3.8, 4) is 11.3 Å². The molecule has 1 aliphatic heterocycles. The molecule has 0 amide bonds. The fourth-order valence-corrected chi connectivity index (χ4v) is 4.24. The van der Waals surface area contributed by atoms with Gasteiger partial charge in [-0.05, 0) is 36.4 Å². The van der Waals surface area contributed by atoms with Crippen molar-refractivity contribution in [3.63, 3.8) is 0 Å². The fourth-order valence-electron chi connectivity index (χ4n) is 3.23. The molecule has 1 saturated heterocycles. The number of benzene rings is 1. The van der Waals surface area contributed by atoms with Crippen LogP contribution in [0.25, 0.3) is 11.3 Å². The third-order valence-corrected chi connectivity index (χ3v) is 6.31. The summed E-state index contributed by atoms with van der Waals surface area (Å²) >= 11 is 0. The molecule has 0 unspecified atom stereocenters. The monoisotopic (exact) mass is 411 g/mol. The molecule has 0 saturated carbocycles. The molecule has 1 aliphatic rings. The number of hydrogen-bond acceptors (Lipinski definition) is 6. The highest BCUT2D eigenvalue weighted by molar-refractivity contribution is 7.92. The minimum Gasteiger partial charge on any atom is -0.344 e. The molecular formula is C20H23N6O2S+. The van der Waals surface area contributed by atoms with E-state index in [1.165, 1.54) is 23.4 Å². The first-order chi connectivity index (χ1) is 14.0. The minimum absolute atomic E-state index is 0.114. The van der Waals surface area contributed by atoms with Gasteiger partial charge in [-0.15, -0.1) is 10.2 Å². The number of quaternary nitrogens is 1. The molecule has 1 fully saturated rings. The van der Waals surface area contributed by atoms with E-state index in [-0.39, 0.29) is 4.90 Å². The number of sulfonamides is 1. The van der Waals surface area contributed by atoms with Crippen LogP contribution in [0.5, 0.6) is 0 Å². The zero-order valence-electron chi connectivity index (χ0n) is 16.1. The van der Waals surface area contributed by atoms with Crippen LogP contribution in [0.4, 0.5) is 11.5 Å². The Kier molecular flexibility index (Phi) is 5.41. The molecule has 0 atom stereocenters. The molecule has 0 spiro atoms. The van der Waals surface area contributed by atoms with E-state index in [1.54, 1.807) is 24.3 Å². The maximum absolute atomic E-state index is 12.5. The van der Waals surface area contributed by atoms with Crippen molar-refractivity contribution in [3.05, 3.63) is 60.9 Å². The Morgan fingerprint density at radius 2 is 1.86 bits per heavy atom. The first-order valence-electron chi connectivity index (χ1n) is 9.44. The van der Waals surface area contributed by atoms with E-state index in [0.29, 0.717) is 11.4 Å². The fraction of sp³-hybridized carbons (Fsp3) is 0.250. The van der Waals surface area contributed by atoms with Crippen LogP contribution in [-0.4, -0.2) is 56.8 Å². The van der Waals surface area contributed by atoms with E-state index in [9.17, 15) is 8.42 Å². The molecule has 9 heteroatoms. The smallest absolute Gasteiger partial charge is 0.263 e. The quantitative estimate of drug-likeness (QED) is 0.641. The molecule has 29 heavy (non-hydrogen) atoms.